The van der Waals surface area contributed by atoms with Crippen molar-refractivity contribution in [2.24, 2.45) is 11.7 Å². The van der Waals surface area contributed by atoms with E-state index in [-0.39, 0.29) is 36.1 Å². The molecule has 0 unspecified atom stereocenters. The van der Waals surface area contributed by atoms with Crippen molar-refractivity contribution in [2.75, 3.05) is 18.5 Å². The highest BCUT2D eigenvalue weighted by Gasteiger charge is 2.66. The highest BCUT2D eigenvalue weighted by atomic mass is 19.4. The minimum atomic E-state index is -4.91. The number of amides is 2. The van der Waals surface area contributed by atoms with E-state index >= 15 is 0 Å². The molecule has 38 heavy (non-hydrogen) atoms. The van der Waals surface area contributed by atoms with Gasteiger partial charge in [0.1, 0.15) is 18.4 Å². The number of carbonyl (C=O) groups excluding carboxylic acids is 2. The predicted octanol–water partition coefficient (Wildman–Crippen LogP) is 3.91. The first-order valence-electron chi connectivity index (χ1n) is 11.8. The van der Waals surface area contributed by atoms with E-state index in [1.165, 1.54) is 19.2 Å². The molecule has 1 aromatic heterocycles. The van der Waals surface area contributed by atoms with Gasteiger partial charge in [-0.25, -0.2) is 4.39 Å². The van der Waals surface area contributed by atoms with E-state index in [1.807, 2.05) is 13.8 Å². The molecule has 1 aliphatic rings. The molecule has 1 aliphatic heterocycles. The molecule has 2 amide bonds. The van der Waals surface area contributed by atoms with Gasteiger partial charge in [-0.05, 0) is 25.1 Å². The second-order valence-electron chi connectivity index (χ2n) is 9.48. The molecular formula is C25H29F5N4O4. The molecule has 4 atom stereocenters. The quantitative estimate of drug-likeness (QED) is 0.326. The number of nitrogens with one attached hydrogen (secondary N) is 2. The molecule has 1 saturated heterocycles. The molecule has 3 rings (SSSR count). The zero-order chi connectivity index (χ0) is 28.4. The van der Waals surface area contributed by atoms with Crippen LogP contribution in [0.25, 0.3) is 0 Å². The number of carbonyl (C=O) groups is 2. The van der Waals surface area contributed by atoms with E-state index in [0.717, 1.165) is 25.1 Å². The van der Waals surface area contributed by atoms with Crippen molar-refractivity contribution in [2.45, 2.75) is 57.5 Å². The molecule has 0 radical (unpaired) electrons. The summed E-state index contributed by atoms with van der Waals surface area (Å²) in [4.78, 5) is 28.5. The van der Waals surface area contributed by atoms with Gasteiger partial charge in [0, 0.05) is 41.9 Å². The first-order valence-corrected chi connectivity index (χ1v) is 11.8. The zero-order valence-electron chi connectivity index (χ0n) is 21.2. The van der Waals surface area contributed by atoms with E-state index in [9.17, 15) is 31.5 Å². The van der Waals surface area contributed by atoms with Crippen LogP contribution in [-0.4, -0.2) is 53.9 Å². The fourth-order valence-electron chi connectivity index (χ4n) is 4.34. The Morgan fingerprint density at radius 3 is 2.53 bits per heavy atom. The summed E-state index contributed by atoms with van der Waals surface area (Å²) in [5.74, 6) is -7.94. The Hall–Kier alpha value is -3.32. The third-order valence-electron chi connectivity index (χ3n) is 6.55. The van der Waals surface area contributed by atoms with Crippen LogP contribution in [0, 0.1) is 17.6 Å². The van der Waals surface area contributed by atoms with Gasteiger partial charge in [-0.15, -0.1) is 0 Å². The molecule has 1 fully saturated rings. The predicted molar refractivity (Wildman–Crippen MR) is 128 cm³/mol. The zero-order valence-corrected chi connectivity index (χ0v) is 21.2. The van der Waals surface area contributed by atoms with Crippen LogP contribution >= 0.6 is 0 Å². The Bertz CT molecular complexity index is 1190. The monoisotopic (exact) mass is 544 g/mol. The molecule has 0 saturated carbocycles. The summed E-state index contributed by atoms with van der Waals surface area (Å²) in [5.41, 5.74) is 2.07. The van der Waals surface area contributed by atoms with Crippen molar-refractivity contribution in [3.8, 4) is 5.75 Å². The van der Waals surface area contributed by atoms with Crippen molar-refractivity contribution in [1.29, 1.82) is 0 Å². The summed E-state index contributed by atoms with van der Waals surface area (Å²) < 4.78 is 82.4. The second kappa shape index (κ2) is 11.2. The summed E-state index contributed by atoms with van der Waals surface area (Å²) in [5, 5.41) is 5.43. The van der Waals surface area contributed by atoms with Crippen molar-refractivity contribution < 1.29 is 41.0 Å². The summed E-state index contributed by atoms with van der Waals surface area (Å²) in [6.45, 7) is 5.87. The summed E-state index contributed by atoms with van der Waals surface area (Å²) >= 11 is 0. The molecule has 4 N–H and O–H groups in total. The van der Waals surface area contributed by atoms with Crippen LogP contribution in [0.15, 0.2) is 30.5 Å². The average Bonchev–Trinajstić information content (AvgIpc) is 3.11. The van der Waals surface area contributed by atoms with Gasteiger partial charge >= 0.3 is 6.18 Å². The molecular weight excluding hydrogens is 515 g/mol. The van der Waals surface area contributed by atoms with Gasteiger partial charge in [0.05, 0.1) is 0 Å². The average molecular weight is 545 g/mol. The number of rotatable bonds is 9. The maximum absolute atomic E-state index is 14.9. The highest BCUT2D eigenvalue weighted by molar-refractivity contribution is 5.97. The molecule has 2 aromatic rings. The van der Waals surface area contributed by atoms with E-state index in [0.29, 0.717) is 0 Å². The number of nitrogens with two attached hydrogens (primary N) is 1. The summed E-state index contributed by atoms with van der Waals surface area (Å²) in [6.07, 6.45) is -5.52. The van der Waals surface area contributed by atoms with Crippen molar-refractivity contribution >= 4 is 17.5 Å². The topological polar surface area (TPSA) is 116 Å². The number of alkyl halides is 3. The van der Waals surface area contributed by atoms with Crippen molar-refractivity contribution in [1.82, 2.24) is 10.3 Å². The number of hydrogen-bond acceptors (Lipinski definition) is 6. The standard InChI is InChI=1S/C25H29F5N4O4/c1-12(2)32-9-10-37-20-15(5-6-16(26)19(20)27)18-13(3)24(4,25(28,29)30)38-21(18)23(36)34-14-7-8-33-17(11-14)22(31)35/h5-8,11-13,18,21,32H,9-10H2,1-4H3,(H2,31,35)(H,33,34,36)/t13-,18-,21+,24+/m0/s1. The van der Waals surface area contributed by atoms with E-state index in [4.69, 9.17) is 15.2 Å². The number of primary amides is 1. The van der Waals surface area contributed by atoms with Gasteiger partial charge in [-0.1, -0.05) is 26.8 Å². The van der Waals surface area contributed by atoms with Crippen LogP contribution in [0.2, 0.25) is 0 Å². The van der Waals surface area contributed by atoms with Crippen LogP contribution in [0.3, 0.4) is 0 Å². The van der Waals surface area contributed by atoms with Crippen LogP contribution in [0.4, 0.5) is 27.6 Å². The lowest BCUT2D eigenvalue weighted by Crippen LogP contribution is -2.47. The van der Waals surface area contributed by atoms with Gasteiger partial charge in [-0.3, -0.25) is 14.6 Å². The van der Waals surface area contributed by atoms with Crippen LogP contribution in [-0.2, 0) is 9.53 Å². The van der Waals surface area contributed by atoms with Gasteiger partial charge in [0.25, 0.3) is 11.8 Å². The highest BCUT2D eigenvalue weighted by Crippen LogP contribution is 2.55. The summed E-state index contributed by atoms with van der Waals surface area (Å²) in [6, 6.07) is 4.37. The number of ether oxygens (including phenoxy) is 2. The van der Waals surface area contributed by atoms with Crippen LogP contribution in [0.5, 0.6) is 5.75 Å². The number of hydrogen-bond donors (Lipinski definition) is 3. The third-order valence-corrected chi connectivity index (χ3v) is 6.55. The van der Waals surface area contributed by atoms with E-state index < -0.39 is 58.9 Å². The minimum absolute atomic E-state index is 0.0240. The molecule has 0 aliphatic carbocycles. The van der Waals surface area contributed by atoms with Crippen LogP contribution in [0.1, 0.15) is 49.7 Å². The number of halogens is 5. The lowest BCUT2D eigenvalue weighted by molar-refractivity contribution is -0.272. The number of pyridine rings is 1. The molecule has 0 bridgehead atoms. The number of aromatic nitrogens is 1. The SMILES string of the molecule is CC(C)NCCOc1c([C@H]2[C@H](C(=O)Nc3ccnc(C(N)=O)c3)O[C@@](C)(C(F)(F)F)[C@H]2C)ccc(F)c1F. The molecule has 8 nitrogen and oxygen atoms in total. The lowest BCUT2D eigenvalue weighted by Gasteiger charge is -2.32. The molecule has 2 heterocycles. The van der Waals surface area contributed by atoms with Gasteiger partial charge in [-0.2, -0.15) is 17.6 Å². The maximum atomic E-state index is 14.9. The second-order valence-corrected chi connectivity index (χ2v) is 9.48. The van der Waals surface area contributed by atoms with Gasteiger partial charge in [0.15, 0.2) is 17.2 Å². The Morgan fingerprint density at radius 2 is 1.92 bits per heavy atom. The fourth-order valence-corrected chi connectivity index (χ4v) is 4.34. The summed E-state index contributed by atoms with van der Waals surface area (Å²) in [7, 11) is 0. The first-order chi connectivity index (χ1) is 17.7. The third kappa shape index (κ3) is 5.88. The van der Waals surface area contributed by atoms with Crippen molar-refractivity contribution in [3.05, 3.63) is 53.4 Å². The van der Waals surface area contributed by atoms with Gasteiger partial charge in [0.2, 0.25) is 5.82 Å². The fraction of sp³-hybridized carbons (Fsp3) is 0.480. The number of benzene rings is 1. The van der Waals surface area contributed by atoms with E-state index in [1.54, 1.807) is 0 Å². The normalized spacial score (nSPS) is 23.5. The minimum Gasteiger partial charge on any atom is -0.489 e. The van der Waals surface area contributed by atoms with E-state index in [2.05, 4.69) is 15.6 Å². The Balaban J connectivity index is 2.04. The molecule has 0 spiro atoms. The van der Waals surface area contributed by atoms with Crippen LogP contribution < -0.4 is 21.1 Å². The Morgan fingerprint density at radius 1 is 1.24 bits per heavy atom. The largest absolute Gasteiger partial charge is 0.489 e. The molecule has 13 heteroatoms. The smallest absolute Gasteiger partial charge is 0.417 e. The molecule has 1 aromatic carbocycles. The number of anilines is 1. The Kier molecular flexibility index (Phi) is 8.62. The molecule has 208 valence electrons. The lowest BCUT2D eigenvalue weighted by atomic mass is 9.77. The first kappa shape index (κ1) is 29.2. The maximum Gasteiger partial charge on any atom is 0.417 e. The van der Waals surface area contributed by atoms with Crippen molar-refractivity contribution in [3.63, 3.8) is 0 Å². The Labute approximate surface area is 216 Å². The number of nitrogens with zero attached hydrogens (tertiary/aromatic N) is 1. The van der Waals surface area contributed by atoms with Gasteiger partial charge < -0.3 is 25.8 Å².